The molecule has 1 aromatic rings. The van der Waals surface area contributed by atoms with Crippen LogP contribution in [0.4, 0.5) is 13.2 Å². The normalized spacial score (nSPS) is 23.9. The van der Waals surface area contributed by atoms with Crippen LogP contribution in [-0.2, 0) is 11.3 Å². The van der Waals surface area contributed by atoms with E-state index in [4.69, 9.17) is 5.73 Å². The van der Waals surface area contributed by atoms with Gasteiger partial charge >= 0.3 is 6.18 Å². The van der Waals surface area contributed by atoms with E-state index in [0.717, 1.165) is 0 Å². The number of primary amides is 1. The number of alkyl halides is 3. The molecule has 5 nitrogen and oxygen atoms in total. The van der Waals surface area contributed by atoms with Crippen LogP contribution in [0, 0.1) is 11.8 Å². The number of hydrogen-bond donors (Lipinski definition) is 1. The number of imidazole rings is 1. The van der Waals surface area contributed by atoms with Crippen LogP contribution in [0.2, 0.25) is 0 Å². The Kier molecular flexibility index (Phi) is 4.27. The lowest BCUT2D eigenvalue weighted by Gasteiger charge is -2.19. The van der Waals surface area contributed by atoms with Gasteiger partial charge in [-0.1, -0.05) is 0 Å². The third-order valence-electron chi connectivity index (χ3n) is 3.85. The zero-order chi connectivity index (χ0) is 15.8. The summed E-state index contributed by atoms with van der Waals surface area (Å²) in [6.45, 7) is 4.02. The van der Waals surface area contributed by atoms with Gasteiger partial charge in [0, 0.05) is 31.5 Å². The number of nitrogens with two attached hydrogens (primary N) is 1. The Balaban J connectivity index is 2.12. The highest BCUT2D eigenvalue weighted by Crippen LogP contribution is 2.37. The van der Waals surface area contributed by atoms with Gasteiger partial charge in [0.05, 0.1) is 18.4 Å². The second-order valence-electron chi connectivity index (χ2n) is 5.70. The molecular weight excluding hydrogens is 285 g/mol. The second-order valence-corrected chi connectivity index (χ2v) is 5.70. The molecule has 1 fully saturated rings. The van der Waals surface area contributed by atoms with Crippen LogP contribution in [0.1, 0.15) is 25.7 Å². The zero-order valence-corrected chi connectivity index (χ0v) is 12.0. The number of rotatable bonds is 4. The number of carbonyl (C=O) groups is 1. The first kappa shape index (κ1) is 15.8. The Bertz CT molecular complexity index is 512. The number of amides is 1. The van der Waals surface area contributed by atoms with E-state index in [1.165, 1.54) is 0 Å². The van der Waals surface area contributed by atoms with E-state index in [1.807, 2.05) is 18.4 Å². The van der Waals surface area contributed by atoms with Crippen molar-refractivity contribution in [3.63, 3.8) is 0 Å². The molecule has 0 spiro atoms. The van der Waals surface area contributed by atoms with Crippen molar-refractivity contribution < 1.29 is 18.0 Å². The molecule has 21 heavy (non-hydrogen) atoms. The predicted octanol–water partition coefficient (Wildman–Crippen LogP) is 1.56. The van der Waals surface area contributed by atoms with Crippen molar-refractivity contribution in [2.24, 2.45) is 17.6 Å². The predicted molar refractivity (Wildman–Crippen MR) is 70.1 cm³/mol. The van der Waals surface area contributed by atoms with E-state index in [2.05, 4.69) is 4.98 Å². The smallest absolute Gasteiger partial charge is 0.369 e. The zero-order valence-electron chi connectivity index (χ0n) is 12.0. The Morgan fingerprint density at radius 1 is 1.48 bits per heavy atom. The van der Waals surface area contributed by atoms with E-state index in [-0.39, 0.29) is 25.7 Å². The Labute approximate surface area is 120 Å². The van der Waals surface area contributed by atoms with Crippen molar-refractivity contribution >= 4 is 5.91 Å². The summed E-state index contributed by atoms with van der Waals surface area (Å²) in [6.07, 6.45) is -0.997. The lowest BCUT2D eigenvalue weighted by molar-refractivity contribution is -0.182. The third-order valence-corrected chi connectivity index (χ3v) is 3.85. The molecule has 1 aliphatic heterocycles. The molecule has 1 aliphatic rings. The molecule has 2 rings (SSSR count). The van der Waals surface area contributed by atoms with Crippen molar-refractivity contribution in [3.8, 4) is 0 Å². The molecule has 2 atom stereocenters. The number of likely N-dealkylation sites (tertiary alicyclic amines) is 1. The molecule has 0 unspecified atom stereocenters. The van der Waals surface area contributed by atoms with E-state index in [1.54, 1.807) is 17.3 Å². The Morgan fingerprint density at radius 3 is 2.62 bits per heavy atom. The van der Waals surface area contributed by atoms with Gasteiger partial charge in [-0.3, -0.25) is 9.69 Å². The van der Waals surface area contributed by atoms with E-state index < -0.39 is 23.9 Å². The molecule has 1 amide bonds. The first-order chi connectivity index (χ1) is 9.70. The van der Waals surface area contributed by atoms with Crippen LogP contribution < -0.4 is 5.73 Å². The quantitative estimate of drug-likeness (QED) is 0.918. The first-order valence-corrected chi connectivity index (χ1v) is 6.80. The molecule has 2 heterocycles. The molecule has 2 N–H and O–H groups in total. The van der Waals surface area contributed by atoms with Crippen molar-refractivity contribution in [1.82, 2.24) is 14.5 Å². The fraction of sp³-hybridized carbons (Fsp3) is 0.692. The number of carbonyl (C=O) groups excluding carboxylic acids is 1. The van der Waals surface area contributed by atoms with Crippen molar-refractivity contribution in [2.45, 2.75) is 32.6 Å². The molecule has 0 saturated carbocycles. The Morgan fingerprint density at radius 2 is 2.14 bits per heavy atom. The molecule has 0 aliphatic carbocycles. The summed E-state index contributed by atoms with van der Waals surface area (Å²) in [5.74, 6) is -3.09. The Hall–Kier alpha value is -1.57. The van der Waals surface area contributed by atoms with E-state index in [0.29, 0.717) is 5.82 Å². The summed E-state index contributed by atoms with van der Waals surface area (Å²) in [6, 6.07) is 0.176. The molecule has 1 saturated heterocycles. The van der Waals surface area contributed by atoms with Gasteiger partial charge in [-0.25, -0.2) is 4.98 Å². The van der Waals surface area contributed by atoms with Crippen molar-refractivity contribution in [2.75, 3.05) is 13.1 Å². The number of nitrogens with zero attached hydrogens (tertiary/aromatic N) is 3. The monoisotopic (exact) mass is 304 g/mol. The highest BCUT2D eigenvalue weighted by atomic mass is 19.4. The van der Waals surface area contributed by atoms with Gasteiger partial charge in [-0.15, -0.1) is 0 Å². The number of aromatic nitrogens is 2. The topological polar surface area (TPSA) is 64.2 Å². The lowest BCUT2D eigenvalue weighted by atomic mass is 9.95. The molecule has 1 aromatic heterocycles. The van der Waals surface area contributed by atoms with Crippen LogP contribution in [0.25, 0.3) is 0 Å². The van der Waals surface area contributed by atoms with Gasteiger partial charge in [-0.05, 0) is 13.8 Å². The SMILES string of the molecule is CC(C)n1ccnc1CN1C[C@@H](C(F)(F)F)[C@H](C(N)=O)C1. The summed E-state index contributed by atoms with van der Waals surface area (Å²) in [7, 11) is 0. The molecular formula is C13H19F3N4O. The van der Waals surface area contributed by atoms with Gasteiger partial charge in [-0.2, -0.15) is 13.2 Å². The van der Waals surface area contributed by atoms with Crippen molar-refractivity contribution in [3.05, 3.63) is 18.2 Å². The number of hydrogen-bond acceptors (Lipinski definition) is 3. The first-order valence-electron chi connectivity index (χ1n) is 6.80. The van der Waals surface area contributed by atoms with Crippen molar-refractivity contribution in [1.29, 1.82) is 0 Å². The van der Waals surface area contributed by atoms with Gasteiger partial charge in [0.25, 0.3) is 0 Å². The highest BCUT2D eigenvalue weighted by molar-refractivity contribution is 5.77. The maximum absolute atomic E-state index is 13.0. The average Bonchev–Trinajstić information content (AvgIpc) is 2.94. The molecule has 0 bridgehead atoms. The highest BCUT2D eigenvalue weighted by Gasteiger charge is 2.51. The summed E-state index contributed by atoms with van der Waals surface area (Å²) in [4.78, 5) is 17.0. The summed E-state index contributed by atoms with van der Waals surface area (Å²) in [5.41, 5.74) is 5.11. The summed E-state index contributed by atoms with van der Waals surface area (Å²) < 4.78 is 40.8. The summed E-state index contributed by atoms with van der Waals surface area (Å²) >= 11 is 0. The molecule has 0 aromatic carbocycles. The minimum atomic E-state index is -4.41. The maximum Gasteiger partial charge on any atom is 0.393 e. The van der Waals surface area contributed by atoms with Gasteiger partial charge in [0.15, 0.2) is 0 Å². The van der Waals surface area contributed by atoms with Gasteiger partial charge in [0.1, 0.15) is 5.82 Å². The molecule has 0 radical (unpaired) electrons. The minimum Gasteiger partial charge on any atom is -0.369 e. The molecule has 8 heteroatoms. The van der Waals surface area contributed by atoms with Crippen LogP contribution in [0.5, 0.6) is 0 Å². The van der Waals surface area contributed by atoms with Crippen LogP contribution in [0.15, 0.2) is 12.4 Å². The van der Waals surface area contributed by atoms with Gasteiger partial charge in [0.2, 0.25) is 5.91 Å². The molecule has 118 valence electrons. The number of halogens is 3. The minimum absolute atomic E-state index is 0.0183. The standard InChI is InChI=1S/C13H19F3N4O/c1-8(2)20-4-3-18-11(20)7-19-5-9(12(17)21)10(6-19)13(14,15)16/h3-4,8-10H,5-7H2,1-2H3,(H2,17,21)/t9-,10-/m1/s1. The third kappa shape index (κ3) is 3.37. The average molecular weight is 304 g/mol. The van der Waals surface area contributed by atoms with Crippen LogP contribution in [0.3, 0.4) is 0 Å². The largest absolute Gasteiger partial charge is 0.393 e. The van der Waals surface area contributed by atoms with E-state index in [9.17, 15) is 18.0 Å². The maximum atomic E-state index is 13.0. The second kappa shape index (κ2) is 5.67. The fourth-order valence-corrected chi connectivity index (χ4v) is 2.77. The van der Waals surface area contributed by atoms with Gasteiger partial charge < -0.3 is 10.3 Å². The van der Waals surface area contributed by atoms with Crippen LogP contribution in [-0.4, -0.2) is 39.6 Å². The fourth-order valence-electron chi connectivity index (χ4n) is 2.77. The summed E-state index contributed by atoms with van der Waals surface area (Å²) in [5, 5.41) is 0. The van der Waals surface area contributed by atoms with E-state index >= 15 is 0 Å². The lowest BCUT2D eigenvalue weighted by Crippen LogP contribution is -2.37. The van der Waals surface area contributed by atoms with Crippen LogP contribution >= 0.6 is 0 Å².